The normalized spacial score (nSPS) is 25.7. The van der Waals surface area contributed by atoms with E-state index in [1.807, 2.05) is 0 Å². The van der Waals surface area contributed by atoms with Crippen LogP contribution in [0.15, 0.2) is 17.3 Å². The minimum absolute atomic E-state index is 0.131. The highest BCUT2D eigenvalue weighted by Gasteiger charge is 2.11. The van der Waals surface area contributed by atoms with Crippen molar-refractivity contribution in [2.75, 3.05) is 0 Å². The number of aliphatic imine (C=N–C) groups is 1. The molecule has 0 radical (unpaired) electrons. The maximum absolute atomic E-state index is 10.3. The number of nitrogens with one attached hydrogen (secondary N) is 1. The van der Waals surface area contributed by atoms with Crippen molar-refractivity contribution >= 4 is 23.3 Å². The fraction of sp³-hybridized carbons (Fsp3) is 0.200. The molecule has 0 aromatic carbocycles. The monoisotopic (exact) mass is 161 g/mol. The molecule has 0 amide bonds. The molecule has 1 aliphatic rings. The fourth-order valence-corrected chi connectivity index (χ4v) is 0.672. The smallest absolute Gasteiger partial charge is 0.354 e. The highest BCUT2D eigenvalue weighted by molar-refractivity contribution is 6.41. The first kappa shape index (κ1) is 5.73. The van der Waals surface area contributed by atoms with Gasteiger partial charge in [0.25, 0.3) is 0 Å². The fourth-order valence-electron chi connectivity index (χ4n) is 0.502. The quantitative estimate of drug-likeness (QED) is 0.425. The highest BCUT2D eigenvalue weighted by atomic mass is 35.5. The molecule has 54 valence electrons. The Hall–Kier alpha value is -1.03. The van der Waals surface area contributed by atoms with Crippen LogP contribution in [0.4, 0.5) is 0 Å². The van der Waals surface area contributed by atoms with E-state index < -0.39 is 11.6 Å². The molecule has 0 aromatic heterocycles. The van der Waals surface area contributed by atoms with Crippen LogP contribution in [-0.4, -0.2) is 22.4 Å². The van der Waals surface area contributed by atoms with Crippen molar-refractivity contribution in [2.45, 2.75) is 5.62 Å². The van der Waals surface area contributed by atoms with Crippen LogP contribution in [0, 0.1) is 0 Å². The predicted molar refractivity (Wildman–Crippen MR) is 37.0 cm³/mol. The molecule has 0 saturated carbocycles. The summed E-state index contributed by atoms with van der Waals surface area (Å²) >= 11 is 5.44. The van der Waals surface area contributed by atoms with Gasteiger partial charge in [-0.1, -0.05) is 11.6 Å². The molecule has 0 fully saturated rings. The second-order valence-electron chi connectivity index (χ2n) is 1.59. The van der Waals surface area contributed by atoms with Crippen molar-refractivity contribution in [3.05, 3.63) is 12.3 Å². The molecule has 4 nitrogen and oxygen atoms in total. The molecular weight excluding hydrogens is 156 g/mol. The lowest BCUT2D eigenvalue weighted by Crippen LogP contribution is -2.25. The van der Waals surface area contributed by atoms with Crippen molar-refractivity contribution in [3.63, 3.8) is 0 Å². The van der Waals surface area contributed by atoms with Crippen molar-refractivity contribution < 1.29 is 11.3 Å². The third-order valence-corrected chi connectivity index (χ3v) is 1.12. The van der Waals surface area contributed by atoms with Gasteiger partial charge in [0.15, 0.2) is 7.04 Å². The number of alkyl halides is 1. The van der Waals surface area contributed by atoms with Crippen LogP contribution in [-0.2, 0) is 4.79 Å². The van der Waals surface area contributed by atoms with Crippen LogP contribution >= 0.6 is 11.6 Å². The first-order chi connectivity index (χ1) is 5.11. The lowest BCUT2D eigenvalue weighted by Gasteiger charge is -2.08. The number of carboxylic acids is 1. The standard InChI is InChI=1S/C5H5ClN2O2/c6-5-7-2-1-3(8-5)4(9)10/h1-2,5,7H,(H,9,10)/i/hD. The van der Waals surface area contributed by atoms with Crippen LogP contribution in [0.1, 0.15) is 0 Å². The summed E-state index contributed by atoms with van der Waals surface area (Å²) in [5.41, 5.74) is -1.07. The summed E-state index contributed by atoms with van der Waals surface area (Å²) in [6, 6.07) is 0. The van der Waals surface area contributed by atoms with E-state index >= 15 is 0 Å². The summed E-state index contributed by atoms with van der Waals surface area (Å²) < 4.78 is 7.02. The van der Waals surface area contributed by atoms with Gasteiger partial charge in [0.05, 0.1) is 0 Å². The van der Waals surface area contributed by atoms with Gasteiger partial charge in [0.1, 0.15) is 5.71 Å². The van der Waals surface area contributed by atoms with E-state index in [1.54, 1.807) is 0 Å². The molecular formula is C5H5ClN2O2. The zero-order chi connectivity index (χ0) is 8.43. The molecule has 0 saturated heterocycles. The van der Waals surface area contributed by atoms with E-state index in [9.17, 15) is 4.79 Å². The van der Waals surface area contributed by atoms with E-state index in [2.05, 4.69) is 4.99 Å². The SMILES string of the molecule is [2H]N1C=CC(C(=O)O)=NC1Cl. The van der Waals surface area contributed by atoms with E-state index in [0.29, 0.717) is 0 Å². The Morgan fingerprint density at radius 2 is 2.80 bits per heavy atom. The largest absolute Gasteiger partial charge is 0.477 e. The Kier molecular flexibility index (Phi) is 1.55. The number of hydrogen-bond acceptors (Lipinski definition) is 3. The molecule has 0 aromatic rings. The van der Waals surface area contributed by atoms with Gasteiger partial charge in [-0.15, -0.1) is 0 Å². The van der Waals surface area contributed by atoms with E-state index in [0.717, 1.165) is 5.31 Å². The summed E-state index contributed by atoms with van der Waals surface area (Å²) in [5.74, 6) is -1.14. The van der Waals surface area contributed by atoms with E-state index in [1.165, 1.54) is 12.3 Å². The molecule has 10 heavy (non-hydrogen) atoms. The summed E-state index contributed by atoms with van der Waals surface area (Å²) in [6.45, 7) is 0. The van der Waals surface area contributed by atoms with Gasteiger partial charge in [0.2, 0.25) is 0 Å². The summed E-state index contributed by atoms with van der Waals surface area (Å²) in [4.78, 5) is 13.8. The number of aliphatic carboxylic acids is 1. The van der Waals surface area contributed by atoms with Crippen LogP contribution < -0.4 is 5.31 Å². The number of hydrogen-bond donors (Lipinski definition) is 2. The minimum atomic E-state index is -1.14. The zero-order valence-electron chi connectivity index (χ0n) is 5.86. The Morgan fingerprint density at radius 3 is 3.30 bits per heavy atom. The number of halogens is 1. The summed E-state index contributed by atoms with van der Waals surface area (Å²) in [6.07, 6.45) is 2.46. The van der Waals surface area contributed by atoms with Crippen molar-refractivity contribution in [2.24, 2.45) is 4.99 Å². The van der Waals surface area contributed by atoms with Gasteiger partial charge < -0.3 is 10.4 Å². The van der Waals surface area contributed by atoms with Gasteiger partial charge in [-0.2, -0.15) is 0 Å². The van der Waals surface area contributed by atoms with Gasteiger partial charge >= 0.3 is 5.97 Å². The van der Waals surface area contributed by atoms with Gasteiger partial charge in [-0.3, -0.25) is 0 Å². The van der Waals surface area contributed by atoms with Gasteiger partial charge in [-0.25, -0.2) is 9.79 Å². The Morgan fingerprint density at radius 1 is 2.10 bits per heavy atom. The second-order valence-corrected chi connectivity index (χ2v) is 1.99. The molecule has 0 bridgehead atoms. The maximum Gasteiger partial charge on any atom is 0.354 e. The third-order valence-electron chi connectivity index (χ3n) is 0.906. The molecule has 0 aliphatic carbocycles. The molecule has 1 unspecified atom stereocenters. The minimum Gasteiger partial charge on any atom is -0.477 e. The average molecular weight is 162 g/mol. The zero-order valence-corrected chi connectivity index (χ0v) is 5.62. The highest BCUT2D eigenvalue weighted by Crippen LogP contribution is 1.99. The predicted octanol–water partition coefficient (Wildman–Crippen LogP) is 0.151. The van der Waals surface area contributed by atoms with Crippen molar-refractivity contribution in [3.8, 4) is 0 Å². The van der Waals surface area contributed by atoms with Gasteiger partial charge in [-0.05, 0) is 6.08 Å². The Labute approximate surface area is 63.7 Å². The van der Waals surface area contributed by atoms with Crippen LogP contribution in [0.25, 0.3) is 0 Å². The van der Waals surface area contributed by atoms with Crippen molar-refractivity contribution in [1.29, 1.82) is 0 Å². The number of carboxylic acid groups (broad SMARTS) is 1. The van der Waals surface area contributed by atoms with Crippen LogP contribution in [0.5, 0.6) is 0 Å². The summed E-state index contributed by atoms with van der Waals surface area (Å²) in [5, 5.41) is 9.28. The van der Waals surface area contributed by atoms with Crippen molar-refractivity contribution in [1.82, 2.24) is 5.31 Å². The molecule has 2 N–H and O–H groups in total. The topological polar surface area (TPSA) is 61.7 Å². The average Bonchev–Trinajstić information content (AvgIpc) is 1.94. The molecule has 0 spiro atoms. The number of nitrogens with zero attached hydrogens (tertiary/aromatic N) is 1. The Bertz CT molecular complexity index is 241. The lowest BCUT2D eigenvalue weighted by molar-refractivity contribution is -0.129. The van der Waals surface area contributed by atoms with Crippen LogP contribution in [0.3, 0.4) is 0 Å². The Balaban J connectivity index is 2.80. The molecule has 1 heterocycles. The lowest BCUT2D eigenvalue weighted by atomic mass is 10.3. The van der Waals surface area contributed by atoms with E-state index in [-0.39, 0.29) is 5.71 Å². The molecule has 1 rings (SSSR count). The molecule has 1 aliphatic heterocycles. The number of carbonyl (C=O) groups is 1. The van der Waals surface area contributed by atoms with Gasteiger partial charge in [0, 0.05) is 6.20 Å². The second kappa shape index (κ2) is 2.70. The number of rotatable bonds is 1. The summed E-state index contributed by atoms with van der Waals surface area (Å²) in [7, 11) is 0. The third kappa shape index (κ3) is 1.48. The molecule has 5 heteroatoms. The van der Waals surface area contributed by atoms with Crippen LogP contribution in [0.2, 0.25) is 1.41 Å². The molecule has 1 atom stereocenters. The van der Waals surface area contributed by atoms with E-state index in [4.69, 9.17) is 18.1 Å². The first-order valence-corrected chi connectivity index (χ1v) is 2.95. The first-order valence-electron chi connectivity index (χ1n) is 2.96. The maximum atomic E-state index is 10.3.